The molecule has 0 bridgehead atoms. The largest absolute Gasteiger partial charge is 0.478 e. The molecule has 0 saturated heterocycles. The van der Waals surface area contributed by atoms with E-state index in [0.29, 0.717) is 5.56 Å². The number of carboxylic acid groups (broad SMARTS) is 1. The van der Waals surface area contributed by atoms with Crippen molar-refractivity contribution in [2.24, 2.45) is 0 Å². The number of rotatable bonds is 1. The van der Waals surface area contributed by atoms with Crippen molar-refractivity contribution in [1.29, 1.82) is 0 Å². The predicted molar refractivity (Wildman–Crippen MR) is 61.9 cm³/mol. The summed E-state index contributed by atoms with van der Waals surface area (Å²) in [5, 5.41) is 10.9. The van der Waals surface area contributed by atoms with E-state index < -0.39 is 5.97 Å². The third kappa shape index (κ3) is 1.18. The first-order valence-electron chi connectivity index (χ1n) is 4.62. The third-order valence-electron chi connectivity index (χ3n) is 2.41. The summed E-state index contributed by atoms with van der Waals surface area (Å²) in [4.78, 5) is 20.0. The minimum absolute atomic E-state index is 0.320. The lowest BCUT2D eigenvalue weighted by Gasteiger charge is -1.95. The van der Waals surface area contributed by atoms with Crippen molar-refractivity contribution in [2.75, 3.05) is 0 Å². The van der Waals surface area contributed by atoms with Crippen molar-refractivity contribution in [3.8, 4) is 0 Å². The van der Waals surface area contributed by atoms with Crippen LogP contribution in [-0.4, -0.2) is 21.0 Å². The first kappa shape index (κ1) is 9.23. The molecule has 5 heteroatoms. The van der Waals surface area contributed by atoms with Gasteiger partial charge in [0.1, 0.15) is 11.2 Å². The Balaban J connectivity index is 2.54. The van der Waals surface area contributed by atoms with Gasteiger partial charge < -0.3 is 5.11 Å². The fourth-order valence-corrected chi connectivity index (χ4v) is 2.83. The van der Waals surface area contributed by atoms with Gasteiger partial charge in [-0.2, -0.15) is 0 Å². The van der Waals surface area contributed by atoms with Gasteiger partial charge in [-0.1, -0.05) is 12.1 Å². The minimum atomic E-state index is -0.912. The molecule has 0 radical (unpaired) electrons. The molecule has 0 saturated carbocycles. The van der Waals surface area contributed by atoms with Gasteiger partial charge in [-0.15, -0.1) is 11.3 Å². The molecule has 0 unspecified atom stereocenters. The molecule has 2 heterocycles. The van der Waals surface area contributed by atoms with Gasteiger partial charge in [0.25, 0.3) is 0 Å². The molecule has 0 fully saturated rings. The molecule has 0 amide bonds. The quantitative estimate of drug-likeness (QED) is 0.697. The van der Waals surface area contributed by atoms with Gasteiger partial charge in [0.15, 0.2) is 0 Å². The summed E-state index contributed by atoms with van der Waals surface area (Å²) in [6, 6.07) is 5.24. The van der Waals surface area contributed by atoms with Crippen LogP contribution in [0.15, 0.2) is 30.7 Å². The summed E-state index contributed by atoms with van der Waals surface area (Å²) in [5.41, 5.74) is 0.320. The monoisotopic (exact) mass is 230 g/mol. The maximum Gasteiger partial charge on any atom is 0.337 e. The van der Waals surface area contributed by atoms with E-state index in [9.17, 15) is 4.79 Å². The molecule has 0 atom stereocenters. The number of carboxylic acids is 1. The zero-order valence-electron chi connectivity index (χ0n) is 8.04. The molecular weight excluding hydrogens is 224 g/mol. The highest BCUT2D eigenvalue weighted by atomic mass is 32.1. The second-order valence-corrected chi connectivity index (χ2v) is 4.33. The zero-order chi connectivity index (χ0) is 11.1. The Kier molecular flexibility index (Phi) is 1.87. The van der Waals surface area contributed by atoms with Crippen LogP contribution in [0.25, 0.3) is 20.3 Å². The second-order valence-electron chi connectivity index (χ2n) is 3.33. The van der Waals surface area contributed by atoms with Crippen LogP contribution < -0.4 is 0 Å². The zero-order valence-corrected chi connectivity index (χ0v) is 8.86. The fourth-order valence-electron chi connectivity index (χ4n) is 1.71. The van der Waals surface area contributed by atoms with Crippen LogP contribution in [0.4, 0.5) is 0 Å². The van der Waals surface area contributed by atoms with Gasteiger partial charge in [0, 0.05) is 17.0 Å². The number of hydrogen-bond acceptors (Lipinski definition) is 4. The van der Waals surface area contributed by atoms with Crippen molar-refractivity contribution in [1.82, 2.24) is 9.97 Å². The van der Waals surface area contributed by atoms with Crippen LogP contribution in [0.1, 0.15) is 10.4 Å². The number of benzene rings is 1. The number of nitrogens with zero attached hydrogens (tertiary/aromatic N) is 2. The SMILES string of the molecule is O=C(O)c1cccc2c1sc1ncncc12. The van der Waals surface area contributed by atoms with Gasteiger partial charge in [-0.3, -0.25) is 0 Å². The highest BCUT2D eigenvalue weighted by molar-refractivity contribution is 7.25. The molecule has 3 rings (SSSR count). The molecule has 78 valence electrons. The van der Waals surface area contributed by atoms with Crippen LogP contribution >= 0.6 is 11.3 Å². The van der Waals surface area contributed by atoms with Crippen molar-refractivity contribution in [3.63, 3.8) is 0 Å². The number of aromatic carboxylic acids is 1. The summed E-state index contributed by atoms with van der Waals surface area (Å²) >= 11 is 1.38. The highest BCUT2D eigenvalue weighted by Gasteiger charge is 2.13. The molecule has 16 heavy (non-hydrogen) atoms. The van der Waals surface area contributed by atoms with Crippen molar-refractivity contribution in [3.05, 3.63) is 36.3 Å². The number of carbonyl (C=O) groups is 1. The number of fused-ring (bicyclic) bond motifs is 3. The highest BCUT2D eigenvalue weighted by Crippen LogP contribution is 2.33. The Morgan fingerprint density at radius 2 is 2.19 bits per heavy atom. The minimum Gasteiger partial charge on any atom is -0.478 e. The van der Waals surface area contributed by atoms with E-state index in [1.807, 2.05) is 6.07 Å². The smallest absolute Gasteiger partial charge is 0.337 e. The molecule has 2 aromatic heterocycles. The first-order valence-corrected chi connectivity index (χ1v) is 5.43. The standard InChI is InChI=1S/C11H6N2O2S/c14-11(15)7-3-1-2-6-8-4-12-5-13-10(8)16-9(6)7/h1-5H,(H,14,15). The van der Waals surface area contributed by atoms with E-state index in [1.54, 1.807) is 18.3 Å². The Labute approximate surface area is 94.2 Å². The van der Waals surface area contributed by atoms with E-state index in [1.165, 1.54) is 17.7 Å². The Hall–Kier alpha value is -2.01. The molecule has 0 spiro atoms. The summed E-state index contributed by atoms with van der Waals surface area (Å²) in [5.74, 6) is -0.912. The Morgan fingerprint density at radius 1 is 1.31 bits per heavy atom. The predicted octanol–water partition coefficient (Wildman–Crippen LogP) is 2.54. The van der Waals surface area contributed by atoms with Crippen molar-refractivity contribution >= 4 is 37.6 Å². The van der Waals surface area contributed by atoms with Crippen LogP contribution in [0, 0.1) is 0 Å². The van der Waals surface area contributed by atoms with Crippen molar-refractivity contribution in [2.45, 2.75) is 0 Å². The second kappa shape index (κ2) is 3.24. The van der Waals surface area contributed by atoms with Crippen LogP contribution in [0.3, 0.4) is 0 Å². The van der Waals surface area contributed by atoms with Gasteiger partial charge in [0.2, 0.25) is 0 Å². The summed E-state index contributed by atoms with van der Waals surface area (Å²) in [6.45, 7) is 0. The lowest BCUT2D eigenvalue weighted by molar-refractivity contribution is 0.0699. The van der Waals surface area contributed by atoms with Crippen LogP contribution in [-0.2, 0) is 0 Å². The Bertz CT molecular complexity index is 705. The third-order valence-corrected chi connectivity index (χ3v) is 3.57. The molecule has 0 aliphatic rings. The normalized spacial score (nSPS) is 11.0. The summed E-state index contributed by atoms with van der Waals surface area (Å²) < 4.78 is 0.755. The Morgan fingerprint density at radius 3 is 3.00 bits per heavy atom. The van der Waals surface area contributed by atoms with Crippen LogP contribution in [0.2, 0.25) is 0 Å². The number of hydrogen-bond donors (Lipinski definition) is 1. The van der Waals surface area contributed by atoms with Gasteiger partial charge >= 0.3 is 5.97 Å². The molecule has 4 nitrogen and oxygen atoms in total. The lowest BCUT2D eigenvalue weighted by atomic mass is 10.1. The lowest BCUT2D eigenvalue weighted by Crippen LogP contribution is -1.94. The molecule has 1 N–H and O–H groups in total. The van der Waals surface area contributed by atoms with Gasteiger partial charge in [-0.25, -0.2) is 14.8 Å². The summed E-state index contributed by atoms with van der Waals surface area (Å²) in [6.07, 6.45) is 3.19. The first-order chi connectivity index (χ1) is 7.77. The topological polar surface area (TPSA) is 63.1 Å². The van der Waals surface area contributed by atoms with Gasteiger partial charge in [-0.05, 0) is 6.07 Å². The number of aromatic nitrogens is 2. The molecule has 0 aliphatic heterocycles. The van der Waals surface area contributed by atoms with Gasteiger partial charge in [0.05, 0.1) is 10.3 Å². The van der Waals surface area contributed by atoms with Crippen LogP contribution in [0.5, 0.6) is 0 Å². The summed E-state index contributed by atoms with van der Waals surface area (Å²) in [7, 11) is 0. The number of thiophene rings is 1. The van der Waals surface area contributed by atoms with E-state index in [4.69, 9.17) is 5.11 Å². The van der Waals surface area contributed by atoms with E-state index >= 15 is 0 Å². The molecular formula is C11H6N2O2S. The van der Waals surface area contributed by atoms with Crippen molar-refractivity contribution < 1.29 is 9.90 Å². The van der Waals surface area contributed by atoms with E-state index in [-0.39, 0.29) is 0 Å². The molecule has 1 aromatic carbocycles. The van der Waals surface area contributed by atoms with E-state index in [0.717, 1.165) is 20.3 Å². The molecule has 3 aromatic rings. The maximum atomic E-state index is 11.1. The maximum absolute atomic E-state index is 11.1. The average Bonchev–Trinajstić information content (AvgIpc) is 2.67. The van der Waals surface area contributed by atoms with E-state index in [2.05, 4.69) is 9.97 Å². The average molecular weight is 230 g/mol. The molecule has 0 aliphatic carbocycles. The fraction of sp³-hybridized carbons (Fsp3) is 0.